The van der Waals surface area contributed by atoms with E-state index in [1.165, 1.54) is 0 Å². The molecular formula is C10H14Cl3N3. The molecular weight excluding hydrogens is 268 g/mol. The summed E-state index contributed by atoms with van der Waals surface area (Å²) in [5.74, 6) is 0.560. The van der Waals surface area contributed by atoms with Crippen LogP contribution in [0.1, 0.15) is 6.92 Å². The summed E-state index contributed by atoms with van der Waals surface area (Å²) < 4.78 is 0. The van der Waals surface area contributed by atoms with Crippen molar-refractivity contribution in [1.29, 1.82) is 0 Å². The third kappa shape index (κ3) is 3.67. The smallest absolute Gasteiger partial charge is 0.150 e. The lowest BCUT2D eigenvalue weighted by Gasteiger charge is -2.20. The number of anilines is 1. The monoisotopic (exact) mass is 281 g/mol. The molecule has 1 heterocycles. The molecule has 1 aromatic heterocycles. The molecule has 16 heavy (non-hydrogen) atoms. The fourth-order valence-corrected chi connectivity index (χ4v) is 1.56. The Hall–Kier alpha value is -0.220. The van der Waals surface area contributed by atoms with Crippen LogP contribution in [-0.2, 0) is 0 Å². The molecule has 3 nitrogen and oxygen atoms in total. The number of pyridine rings is 1. The summed E-state index contributed by atoms with van der Waals surface area (Å²) >= 11 is 17.6. The Labute approximate surface area is 111 Å². The molecule has 1 unspecified atom stereocenters. The maximum atomic E-state index is 5.98. The first-order valence-corrected chi connectivity index (χ1v) is 5.97. The number of halogens is 3. The van der Waals surface area contributed by atoms with Crippen molar-refractivity contribution >= 4 is 40.6 Å². The van der Waals surface area contributed by atoms with E-state index in [0.717, 1.165) is 6.54 Å². The minimum atomic E-state index is 0.256. The van der Waals surface area contributed by atoms with Crippen LogP contribution in [0.2, 0.25) is 15.2 Å². The highest BCUT2D eigenvalue weighted by Crippen LogP contribution is 2.28. The summed E-state index contributed by atoms with van der Waals surface area (Å²) in [4.78, 5) is 6.17. The summed E-state index contributed by atoms with van der Waals surface area (Å²) in [7, 11) is 4.02. The van der Waals surface area contributed by atoms with E-state index in [-0.39, 0.29) is 5.15 Å². The van der Waals surface area contributed by atoms with Gasteiger partial charge in [-0.25, -0.2) is 4.98 Å². The predicted molar refractivity (Wildman–Crippen MR) is 70.9 cm³/mol. The Kier molecular flexibility index (Phi) is 5.12. The zero-order valence-corrected chi connectivity index (χ0v) is 11.7. The second-order valence-corrected chi connectivity index (χ2v) is 4.96. The number of likely N-dealkylation sites (N-methyl/N-ethyl adjacent to an activating group) is 1. The maximum Gasteiger partial charge on any atom is 0.150 e. The van der Waals surface area contributed by atoms with Crippen LogP contribution in [0.4, 0.5) is 5.82 Å². The third-order valence-corrected chi connectivity index (χ3v) is 3.29. The van der Waals surface area contributed by atoms with Gasteiger partial charge in [0.05, 0.1) is 10.0 Å². The van der Waals surface area contributed by atoms with Gasteiger partial charge < -0.3 is 10.2 Å². The van der Waals surface area contributed by atoms with Crippen molar-refractivity contribution in [3.05, 3.63) is 21.3 Å². The summed E-state index contributed by atoms with van der Waals surface area (Å²) in [6.07, 6.45) is 0. The average Bonchev–Trinajstić information content (AvgIpc) is 2.20. The van der Waals surface area contributed by atoms with Crippen LogP contribution in [0.25, 0.3) is 0 Å². The van der Waals surface area contributed by atoms with Gasteiger partial charge in [-0.2, -0.15) is 0 Å². The second kappa shape index (κ2) is 5.92. The zero-order valence-electron chi connectivity index (χ0n) is 9.39. The van der Waals surface area contributed by atoms with Crippen molar-refractivity contribution in [2.75, 3.05) is 26.0 Å². The van der Waals surface area contributed by atoms with Crippen molar-refractivity contribution in [2.24, 2.45) is 0 Å². The van der Waals surface area contributed by atoms with E-state index in [2.05, 4.69) is 22.1 Å². The molecule has 1 aromatic rings. The fourth-order valence-electron chi connectivity index (χ4n) is 0.995. The van der Waals surface area contributed by atoms with E-state index in [0.29, 0.717) is 21.9 Å². The second-order valence-electron chi connectivity index (χ2n) is 3.78. The molecule has 0 fully saturated rings. The van der Waals surface area contributed by atoms with Crippen molar-refractivity contribution in [1.82, 2.24) is 9.88 Å². The molecule has 0 saturated carbocycles. The quantitative estimate of drug-likeness (QED) is 0.858. The Morgan fingerprint density at radius 2 is 1.94 bits per heavy atom. The van der Waals surface area contributed by atoms with Gasteiger partial charge in [0, 0.05) is 12.6 Å². The van der Waals surface area contributed by atoms with E-state index in [1.54, 1.807) is 6.07 Å². The molecule has 1 N–H and O–H groups in total. The van der Waals surface area contributed by atoms with Gasteiger partial charge in [-0.15, -0.1) is 0 Å². The Bertz CT molecular complexity index is 369. The number of rotatable bonds is 4. The van der Waals surface area contributed by atoms with E-state index >= 15 is 0 Å². The lowest BCUT2D eigenvalue weighted by Crippen LogP contribution is -2.31. The minimum Gasteiger partial charge on any atom is -0.367 e. The predicted octanol–water partition coefficient (Wildman–Crippen LogP) is 3.40. The zero-order chi connectivity index (χ0) is 12.3. The van der Waals surface area contributed by atoms with Crippen LogP contribution in [-0.4, -0.2) is 36.6 Å². The molecule has 1 rings (SSSR count). The highest BCUT2D eigenvalue weighted by molar-refractivity contribution is 6.42. The van der Waals surface area contributed by atoms with Crippen molar-refractivity contribution in [2.45, 2.75) is 13.0 Å². The van der Waals surface area contributed by atoms with E-state index < -0.39 is 0 Å². The van der Waals surface area contributed by atoms with Gasteiger partial charge >= 0.3 is 0 Å². The Morgan fingerprint density at radius 1 is 1.31 bits per heavy atom. The molecule has 0 bridgehead atoms. The summed E-state index contributed by atoms with van der Waals surface area (Å²) in [6, 6.07) is 1.95. The van der Waals surface area contributed by atoms with Gasteiger partial charge in [-0.3, -0.25) is 0 Å². The number of nitrogens with zero attached hydrogens (tertiary/aromatic N) is 2. The SMILES string of the molecule is CC(CNc1nc(Cl)c(Cl)cc1Cl)N(C)C. The van der Waals surface area contributed by atoms with Gasteiger partial charge in [0.2, 0.25) is 0 Å². The molecule has 0 aromatic carbocycles. The number of nitrogens with one attached hydrogen (secondary N) is 1. The number of hydrogen-bond donors (Lipinski definition) is 1. The van der Waals surface area contributed by atoms with E-state index in [9.17, 15) is 0 Å². The molecule has 0 aliphatic carbocycles. The van der Waals surface area contributed by atoms with Crippen molar-refractivity contribution in [3.63, 3.8) is 0 Å². The molecule has 90 valence electrons. The van der Waals surface area contributed by atoms with Crippen LogP contribution < -0.4 is 5.32 Å². The summed E-state index contributed by atoms with van der Waals surface area (Å²) in [5.41, 5.74) is 0. The highest BCUT2D eigenvalue weighted by atomic mass is 35.5. The Balaban J connectivity index is 2.71. The van der Waals surface area contributed by atoms with Crippen LogP contribution in [0.15, 0.2) is 6.07 Å². The molecule has 0 radical (unpaired) electrons. The maximum absolute atomic E-state index is 5.98. The first-order chi connectivity index (χ1) is 7.41. The third-order valence-electron chi connectivity index (χ3n) is 2.33. The Morgan fingerprint density at radius 3 is 2.50 bits per heavy atom. The number of aromatic nitrogens is 1. The topological polar surface area (TPSA) is 28.2 Å². The summed E-state index contributed by atoms with van der Waals surface area (Å²) in [6.45, 7) is 2.83. The minimum absolute atomic E-state index is 0.256. The van der Waals surface area contributed by atoms with Crippen LogP contribution >= 0.6 is 34.8 Å². The molecule has 0 aliphatic rings. The molecule has 0 aliphatic heterocycles. The first kappa shape index (κ1) is 13.8. The van der Waals surface area contributed by atoms with E-state index in [4.69, 9.17) is 34.8 Å². The molecule has 0 spiro atoms. The average molecular weight is 283 g/mol. The number of hydrogen-bond acceptors (Lipinski definition) is 3. The molecule has 6 heteroatoms. The van der Waals surface area contributed by atoms with E-state index in [1.807, 2.05) is 14.1 Å². The standard InChI is InChI=1S/C10H14Cl3N3/c1-6(16(2)3)5-14-10-8(12)4-7(11)9(13)15-10/h4,6H,5H2,1-3H3,(H,14,15). The summed E-state index contributed by atoms with van der Waals surface area (Å²) in [5, 5.41) is 4.22. The van der Waals surface area contributed by atoms with Crippen molar-refractivity contribution < 1.29 is 0 Å². The van der Waals surface area contributed by atoms with Gasteiger partial charge in [0.1, 0.15) is 11.0 Å². The molecule has 0 saturated heterocycles. The van der Waals surface area contributed by atoms with Crippen molar-refractivity contribution in [3.8, 4) is 0 Å². The van der Waals surface area contributed by atoms with Crippen LogP contribution in [0.5, 0.6) is 0 Å². The van der Waals surface area contributed by atoms with Gasteiger partial charge in [0.25, 0.3) is 0 Å². The van der Waals surface area contributed by atoms with Gasteiger partial charge in [-0.1, -0.05) is 34.8 Å². The first-order valence-electron chi connectivity index (χ1n) is 4.83. The lowest BCUT2D eigenvalue weighted by molar-refractivity contribution is 0.326. The lowest BCUT2D eigenvalue weighted by atomic mass is 10.3. The molecule has 0 amide bonds. The van der Waals surface area contributed by atoms with Crippen LogP contribution in [0, 0.1) is 0 Å². The largest absolute Gasteiger partial charge is 0.367 e. The molecule has 1 atom stereocenters. The van der Waals surface area contributed by atoms with Crippen LogP contribution in [0.3, 0.4) is 0 Å². The fraction of sp³-hybridized carbons (Fsp3) is 0.500. The van der Waals surface area contributed by atoms with Gasteiger partial charge in [0.15, 0.2) is 0 Å². The highest BCUT2D eigenvalue weighted by Gasteiger charge is 2.09. The normalized spacial score (nSPS) is 12.9. The van der Waals surface area contributed by atoms with Gasteiger partial charge in [-0.05, 0) is 27.1 Å².